The van der Waals surface area contributed by atoms with Crippen molar-refractivity contribution in [1.82, 2.24) is 4.90 Å². The molecule has 0 radical (unpaired) electrons. The lowest BCUT2D eigenvalue weighted by molar-refractivity contribution is -0.138. The van der Waals surface area contributed by atoms with Crippen molar-refractivity contribution in [2.45, 2.75) is 38.3 Å². The summed E-state index contributed by atoms with van der Waals surface area (Å²) in [6.07, 6.45) is 2.76. The molecule has 1 fully saturated rings. The van der Waals surface area contributed by atoms with Crippen LogP contribution in [0.3, 0.4) is 0 Å². The average Bonchev–Trinajstić information content (AvgIpc) is 2.86. The summed E-state index contributed by atoms with van der Waals surface area (Å²) in [4.78, 5) is 12.3. The van der Waals surface area contributed by atoms with Crippen LogP contribution >= 0.6 is 0 Å². The van der Waals surface area contributed by atoms with Crippen molar-refractivity contribution >= 4 is 5.97 Å². The van der Waals surface area contributed by atoms with Gasteiger partial charge in [0.1, 0.15) is 0 Å². The molecule has 0 amide bonds. The summed E-state index contributed by atoms with van der Waals surface area (Å²) in [6.45, 7) is 1.90. The third kappa shape index (κ3) is 2.71. The van der Waals surface area contributed by atoms with E-state index in [0.717, 1.165) is 12.8 Å². The second-order valence-electron chi connectivity index (χ2n) is 3.35. The molecule has 1 N–H and O–H groups in total. The summed E-state index contributed by atoms with van der Waals surface area (Å²) in [7, 11) is 0. The Labute approximate surface area is 77.8 Å². The van der Waals surface area contributed by atoms with Crippen LogP contribution in [0.4, 0.5) is 0 Å². The van der Waals surface area contributed by atoms with E-state index < -0.39 is 5.97 Å². The number of hydrogen-bond acceptors (Lipinski definition) is 3. The van der Waals surface area contributed by atoms with Gasteiger partial charge in [0.2, 0.25) is 0 Å². The lowest BCUT2D eigenvalue weighted by Crippen LogP contribution is -2.39. The SMILES string of the molecule is CCC(C#N)N(CC(=O)O)C1CC1. The van der Waals surface area contributed by atoms with E-state index in [0.29, 0.717) is 12.5 Å². The second kappa shape index (κ2) is 4.24. The zero-order valence-electron chi connectivity index (χ0n) is 7.73. The van der Waals surface area contributed by atoms with E-state index in [1.165, 1.54) is 0 Å². The summed E-state index contributed by atoms with van der Waals surface area (Å²) in [5.41, 5.74) is 0. The molecule has 0 bridgehead atoms. The van der Waals surface area contributed by atoms with Gasteiger partial charge in [0.15, 0.2) is 0 Å². The molecular formula is C9H14N2O2. The van der Waals surface area contributed by atoms with Crippen molar-refractivity contribution in [2.24, 2.45) is 0 Å². The van der Waals surface area contributed by atoms with E-state index >= 15 is 0 Å². The van der Waals surface area contributed by atoms with E-state index in [1.54, 1.807) is 4.90 Å². The van der Waals surface area contributed by atoms with Gasteiger partial charge >= 0.3 is 5.97 Å². The number of carbonyl (C=O) groups is 1. The van der Waals surface area contributed by atoms with Crippen LogP contribution in [0.1, 0.15) is 26.2 Å². The first-order valence-corrected chi connectivity index (χ1v) is 4.56. The van der Waals surface area contributed by atoms with Gasteiger partial charge in [-0.1, -0.05) is 6.92 Å². The molecule has 1 aliphatic carbocycles. The van der Waals surface area contributed by atoms with E-state index in [2.05, 4.69) is 6.07 Å². The summed E-state index contributed by atoms with van der Waals surface area (Å²) < 4.78 is 0. The Morgan fingerprint density at radius 3 is 2.69 bits per heavy atom. The van der Waals surface area contributed by atoms with Gasteiger partial charge in [-0.05, 0) is 19.3 Å². The highest BCUT2D eigenvalue weighted by Gasteiger charge is 2.34. The maximum absolute atomic E-state index is 10.5. The van der Waals surface area contributed by atoms with E-state index in [-0.39, 0.29) is 12.6 Å². The highest BCUT2D eigenvalue weighted by atomic mass is 16.4. The molecule has 0 aromatic rings. The number of hydrogen-bond donors (Lipinski definition) is 1. The Kier molecular flexibility index (Phi) is 3.26. The maximum atomic E-state index is 10.5. The molecule has 4 nitrogen and oxygen atoms in total. The minimum absolute atomic E-state index is 0.00324. The Morgan fingerprint density at radius 2 is 2.38 bits per heavy atom. The third-order valence-corrected chi connectivity index (χ3v) is 2.27. The van der Waals surface area contributed by atoms with Crippen LogP contribution in [0, 0.1) is 11.3 Å². The Balaban J connectivity index is 2.55. The van der Waals surface area contributed by atoms with Crippen molar-refractivity contribution in [1.29, 1.82) is 5.26 Å². The molecule has 0 heterocycles. The molecule has 72 valence electrons. The molecule has 0 aromatic carbocycles. The first-order chi connectivity index (χ1) is 6.19. The second-order valence-corrected chi connectivity index (χ2v) is 3.35. The smallest absolute Gasteiger partial charge is 0.317 e. The molecule has 1 rings (SSSR count). The van der Waals surface area contributed by atoms with Gasteiger partial charge < -0.3 is 5.11 Å². The first kappa shape index (κ1) is 10.0. The molecule has 4 heteroatoms. The molecule has 1 atom stereocenters. The predicted octanol–water partition coefficient (Wildman–Crippen LogP) is 0.838. The minimum atomic E-state index is -0.847. The number of rotatable bonds is 5. The molecule has 0 aromatic heterocycles. The zero-order valence-corrected chi connectivity index (χ0v) is 7.73. The molecule has 0 saturated heterocycles. The van der Waals surface area contributed by atoms with Crippen molar-refractivity contribution in [3.8, 4) is 6.07 Å². The maximum Gasteiger partial charge on any atom is 0.317 e. The van der Waals surface area contributed by atoms with Crippen molar-refractivity contribution in [2.75, 3.05) is 6.54 Å². The van der Waals surface area contributed by atoms with Gasteiger partial charge in [0.25, 0.3) is 0 Å². The minimum Gasteiger partial charge on any atom is -0.480 e. The molecule has 1 unspecified atom stereocenters. The van der Waals surface area contributed by atoms with Gasteiger partial charge in [-0.25, -0.2) is 0 Å². The van der Waals surface area contributed by atoms with Crippen LogP contribution in [-0.2, 0) is 4.79 Å². The highest BCUT2D eigenvalue weighted by molar-refractivity contribution is 5.69. The predicted molar refractivity (Wildman–Crippen MR) is 47.1 cm³/mol. The fourth-order valence-electron chi connectivity index (χ4n) is 1.46. The largest absolute Gasteiger partial charge is 0.480 e. The fourth-order valence-corrected chi connectivity index (χ4v) is 1.46. The molecule has 0 spiro atoms. The van der Waals surface area contributed by atoms with Gasteiger partial charge in [0, 0.05) is 6.04 Å². The van der Waals surface area contributed by atoms with Gasteiger partial charge in [-0.2, -0.15) is 5.26 Å². The Morgan fingerprint density at radius 1 is 1.77 bits per heavy atom. The van der Waals surface area contributed by atoms with Crippen molar-refractivity contribution in [3.63, 3.8) is 0 Å². The highest BCUT2D eigenvalue weighted by Crippen LogP contribution is 2.28. The molecule has 1 aliphatic rings. The molecular weight excluding hydrogens is 168 g/mol. The Hall–Kier alpha value is -1.08. The van der Waals surface area contributed by atoms with E-state index in [4.69, 9.17) is 10.4 Å². The zero-order chi connectivity index (χ0) is 9.84. The van der Waals surface area contributed by atoms with Crippen LogP contribution in [0.25, 0.3) is 0 Å². The number of nitrogens with zero attached hydrogens (tertiary/aromatic N) is 2. The van der Waals surface area contributed by atoms with Gasteiger partial charge in [-0.15, -0.1) is 0 Å². The van der Waals surface area contributed by atoms with E-state index in [9.17, 15) is 4.79 Å². The number of aliphatic carboxylic acids is 1. The standard InChI is InChI=1S/C9H14N2O2/c1-2-7(5-10)11(6-9(12)13)8-3-4-8/h7-8H,2-4,6H2,1H3,(H,12,13). The van der Waals surface area contributed by atoms with E-state index in [1.807, 2.05) is 6.92 Å². The number of carboxylic acids is 1. The normalized spacial score (nSPS) is 18.2. The number of nitriles is 1. The Bertz CT molecular complexity index is 230. The van der Waals surface area contributed by atoms with Crippen molar-refractivity contribution < 1.29 is 9.90 Å². The fraction of sp³-hybridized carbons (Fsp3) is 0.778. The molecule has 0 aliphatic heterocycles. The lowest BCUT2D eigenvalue weighted by Gasteiger charge is -2.23. The lowest BCUT2D eigenvalue weighted by atomic mass is 10.2. The average molecular weight is 182 g/mol. The van der Waals surface area contributed by atoms with Gasteiger partial charge in [-0.3, -0.25) is 9.69 Å². The van der Waals surface area contributed by atoms with Crippen molar-refractivity contribution in [3.05, 3.63) is 0 Å². The van der Waals surface area contributed by atoms with Crippen LogP contribution in [0.5, 0.6) is 0 Å². The monoisotopic (exact) mass is 182 g/mol. The summed E-state index contributed by atoms with van der Waals surface area (Å²) in [6, 6.07) is 2.24. The summed E-state index contributed by atoms with van der Waals surface area (Å²) in [5.74, 6) is -0.847. The van der Waals surface area contributed by atoms with Crippen LogP contribution in [0.15, 0.2) is 0 Å². The summed E-state index contributed by atoms with van der Waals surface area (Å²) >= 11 is 0. The quantitative estimate of drug-likeness (QED) is 0.684. The number of carboxylic acid groups (broad SMARTS) is 1. The van der Waals surface area contributed by atoms with Crippen LogP contribution in [0.2, 0.25) is 0 Å². The summed E-state index contributed by atoms with van der Waals surface area (Å²) in [5, 5.41) is 17.5. The van der Waals surface area contributed by atoms with Crippen LogP contribution in [-0.4, -0.2) is 34.6 Å². The molecule has 13 heavy (non-hydrogen) atoms. The van der Waals surface area contributed by atoms with Crippen LogP contribution < -0.4 is 0 Å². The topological polar surface area (TPSA) is 64.3 Å². The third-order valence-electron chi connectivity index (χ3n) is 2.27. The first-order valence-electron chi connectivity index (χ1n) is 4.56. The van der Waals surface area contributed by atoms with Gasteiger partial charge in [0.05, 0.1) is 18.7 Å². The molecule has 1 saturated carbocycles.